The quantitative estimate of drug-likeness (QED) is 0.227. The largest absolute Gasteiger partial charge is 0.454 e. The van der Waals surface area contributed by atoms with Gasteiger partial charge in [0.2, 0.25) is 0 Å². The summed E-state index contributed by atoms with van der Waals surface area (Å²) in [7, 11) is 0. The van der Waals surface area contributed by atoms with E-state index in [0.29, 0.717) is 5.82 Å². The van der Waals surface area contributed by atoms with Crippen molar-refractivity contribution in [3.8, 4) is 45.2 Å². The zero-order valence-corrected chi connectivity index (χ0v) is 22.2. The second-order valence-electron chi connectivity index (χ2n) is 9.83. The Labute approximate surface area is 235 Å². The highest BCUT2D eigenvalue weighted by atomic mass is 32.1. The lowest BCUT2D eigenvalue weighted by molar-refractivity contribution is 0.628. The Hall–Kier alpha value is -5.06. The molecule has 0 saturated heterocycles. The van der Waals surface area contributed by atoms with Crippen LogP contribution in [-0.2, 0) is 0 Å². The Morgan fingerprint density at radius 3 is 2.10 bits per heavy atom. The lowest BCUT2D eigenvalue weighted by Crippen LogP contribution is -1.95. The van der Waals surface area contributed by atoms with Gasteiger partial charge in [-0.15, -0.1) is 11.3 Å². The van der Waals surface area contributed by atoms with Crippen molar-refractivity contribution in [2.75, 3.05) is 0 Å². The molecule has 0 amide bonds. The number of hydrogen-bond donors (Lipinski definition) is 0. The Kier molecular flexibility index (Phi) is 5.32. The molecule has 4 heteroatoms. The van der Waals surface area contributed by atoms with Crippen LogP contribution in [0.2, 0.25) is 0 Å². The van der Waals surface area contributed by atoms with Gasteiger partial charge in [0.1, 0.15) is 11.3 Å². The Bertz CT molecular complexity index is 2120. The minimum atomic E-state index is 0.672. The van der Waals surface area contributed by atoms with E-state index in [0.717, 1.165) is 44.8 Å². The zero-order chi connectivity index (χ0) is 26.5. The summed E-state index contributed by atoms with van der Waals surface area (Å²) in [4.78, 5) is 10.1. The fourth-order valence-electron chi connectivity index (χ4n) is 5.34. The SMILES string of the molecule is c1ccc(-c2ccc(-c3nc(-c4cc5ccccc5o4)cc(-c4cccc5c4sc4ccccc45)n3)cc2)cc1. The van der Waals surface area contributed by atoms with Gasteiger partial charge in [0.25, 0.3) is 0 Å². The first-order valence-electron chi connectivity index (χ1n) is 13.2. The fraction of sp³-hybridized carbons (Fsp3) is 0. The highest BCUT2D eigenvalue weighted by Crippen LogP contribution is 2.40. The second kappa shape index (κ2) is 9.30. The van der Waals surface area contributed by atoms with Crippen molar-refractivity contribution in [1.82, 2.24) is 9.97 Å². The molecule has 0 spiro atoms. The smallest absolute Gasteiger partial charge is 0.160 e. The number of aromatic nitrogens is 2. The number of para-hydroxylation sites is 1. The van der Waals surface area contributed by atoms with Crippen LogP contribution in [0.3, 0.4) is 0 Å². The van der Waals surface area contributed by atoms with Crippen molar-refractivity contribution in [1.29, 1.82) is 0 Å². The summed E-state index contributed by atoms with van der Waals surface area (Å²) in [6.45, 7) is 0. The van der Waals surface area contributed by atoms with Gasteiger partial charge in [-0.3, -0.25) is 0 Å². The van der Waals surface area contributed by atoms with E-state index in [1.807, 2.05) is 24.3 Å². The maximum atomic E-state index is 6.26. The van der Waals surface area contributed by atoms with Crippen molar-refractivity contribution >= 4 is 42.5 Å². The van der Waals surface area contributed by atoms with Crippen LogP contribution in [0, 0.1) is 0 Å². The monoisotopic (exact) mass is 530 g/mol. The fourth-order valence-corrected chi connectivity index (χ4v) is 6.56. The van der Waals surface area contributed by atoms with Crippen molar-refractivity contribution < 1.29 is 4.42 Å². The van der Waals surface area contributed by atoms with Crippen LogP contribution in [-0.4, -0.2) is 9.97 Å². The first kappa shape index (κ1) is 22.9. The Balaban J connectivity index is 1.33. The van der Waals surface area contributed by atoms with E-state index in [9.17, 15) is 0 Å². The molecule has 3 aromatic heterocycles. The van der Waals surface area contributed by atoms with Gasteiger partial charge in [-0.1, -0.05) is 109 Å². The van der Waals surface area contributed by atoms with Crippen LogP contribution in [0.5, 0.6) is 0 Å². The molecule has 8 aromatic rings. The summed E-state index contributed by atoms with van der Waals surface area (Å²) >= 11 is 1.81. The summed E-state index contributed by atoms with van der Waals surface area (Å²) in [5.74, 6) is 1.40. The number of fused-ring (bicyclic) bond motifs is 4. The molecule has 5 aromatic carbocycles. The standard InChI is InChI=1S/C36H22N2OS/c1-2-9-23(10-3-1)24-17-19-25(20-18-24)36-37-30(22-31(38-36)33-21-26-11-4-6-15-32(26)39-33)29-14-8-13-28-27-12-5-7-16-34(27)40-35(28)29/h1-22H. The molecule has 40 heavy (non-hydrogen) atoms. The van der Waals surface area contributed by atoms with Crippen LogP contribution in [0.15, 0.2) is 138 Å². The minimum absolute atomic E-state index is 0.672. The number of hydrogen-bond acceptors (Lipinski definition) is 4. The molecule has 0 bridgehead atoms. The molecule has 0 fully saturated rings. The van der Waals surface area contributed by atoms with Crippen LogP contribution in [0.1, 0.15) is 0 Å². The molecule has 188 valence electrons. The third-order valence-corrected chi connectivity index (χ3v) is 8.55. The first-order chi connectivity index (χ1) is 19.8. The molecule has 0 saturated carbocycles. The Morgan fingerprint density at radius 2 is 1.23 bits per heavy atom. The molecule has 0 aliphatic rings. The molecule has 0 N–H and O–H groups in total. The summed E-state index contributed by atoms with van der Waals surface area (Å²) in [6, 6.07) is 46.1. The van der Waals surface area contributed by atoms with Crippen LogP contribution < -0.4 is 0 Å². The topological polar surface area (TPSA) is 38.9 Å². The number of furan rings is 1. The van der Waals surface area contributed by atoms with E-state index in [-0.39, 0.29) is 0 Å². The highest BCUT2D eigenvalue weighted by Gasteiger charge is 2.17. The van der Waals surface area contributed by atoms with Crippen LogP contribution >= 0.6 is 11.3 Å². The normalized spacial score (nSPS) is 11.5. The van der Waals surface area contributed by atoms with Crippen LogP contribution in [0.25, 0.3) is 76.4 Å². The van der Waals surface area contributed by atoms with E-state index >= 15 is 0 Å². The number of benzene rings is 5. The van der Waals surface area contributed by atoms with Gasteiger partial charge < -0.3 is 4.42 Å². The van der Waals surface area contributed by atoms with Gasteiger partial charge in [0.15, 0.2) is 11.6 Å². The molecular formula is C36H22N2OS. The lowest BCUT2D eigenvalue weighted by Gasteiger charge is -2.09. The highest BCUT2D eigenvalue weighted by molar-refractivity contribution is 7.26. The first-order valence-corrected chi connectivity index (χ1v) is 14.1. The average Bonchev–Trinajstić information content (AvgIpc) is 3.63. The van der Waals surface area contributed by atoms with Gasteiger partial charge in [-0.25, -0.2) is 9.97 Å². The maximum Gasteiger partial charge on any atom is 0.160 e. The summed E-state index contributed by atoms with van der Waals surface area (Å²) in [5.41, 5.74) is 6.89. The summed E-state index contributed by atoms with van der Waals surface area (Å²) in [5, 5.41) is 3.57. The van der Waals surface area contributed by atoms with Crippen LogP contribution in [0.4, 0.5) is 0 Å². The number of thiophene rings is 1. The number of rotatable bonds is 4. The average molecular weight is 531 g/mol. The predicted octanol–water partition coefficient (Wildman–Crippen LogP) is 10.3. The minimum Gasteiger partial charge on any atom is -0.454 e. The molecule has 0 unspecified atom stereocenters. The van der Waals surface area contributed by atoms with Gasteiger partial charge in [-0.2, -0.15) is 0 Å². The molecular weight excluding hydrogens is 508 g/mol. The summed E-state index contributed by atoms with van der Waals surface area (Å²) < 4.78 is 8.76. The third kappa shape index (κ3) is 3.89. The molecule has 0 aliphatic carbocycles. The second-order valence-corrected chi connectivity index (χ2v) is 10.9. The van der Waals surface area contributed by atoms with E-state index in [1.54, 1.807) is 11.3 Å². The molecule has 0 atom stereocenters. The zero-order valence-electron chi connectivity index (χ0n) is 21.4. The molecule has 0 radical (unpaired) electrons. The maximum absolute atomic E-state index is 6.26. The van der Waals surface area contributed by atoms with Crippen molar-refractivity contribution in [2.24, 2.45) is 0 Å². The molecule has 3 heterocycles. The molecule has 8 rings (SSSR count). The Morgan fingerprint density at radius 1 is 0.525 bits per heavy atom. The third-order valence-electron chi connectivity index (χ3n) is 7.33. The van der Waals surface area contributed by atoms with Gasteiger partial charge in [0, 0.05) is 36.7 Å². The predicted molar refractivity (Wildman–Crippen MR) is 166 cm³/mol. The van der Waals surface area contributed by atoms with Crippen molar-refractivity contribution in [3.05, 3.63) is 133 Å². The van der Waals surface area contributed by atoms with Gasteiger partial charge >= 0.3 is 0 Å². The van der Waals surface area contributed by atoms with Gasteiger partial charge in [0.05, 0.1) is 5.69 Å². The van der Waals surface area contributed by atoms with Crippen molar-refractivity contribution in [3.63, 3.8) is 0 Å². The summed E-state index contributed by atoms with van der Waals surface area (Å²) in [6.07, 6.45) is 0. The van der Waals surface area contributed by atoms with Gasteiger partial charge in [-0.05, 0) is 35.4 Å². The van der Waals surface area contributed by atoms with E-state index in [1.165, 1.54) is 25.7 Å². The lowest BCUT2D eigenvalue weighted by atomic mass is 10.0. The number of nitrogens with zero attached hydrogens (tertiary/aromatic N) is 2. The molecule has 0 aliphatic heterocycles. The van der Waals surface area contributed by atoms with E-state index < -0.39 is 0 Å². The van der Waals surface area contributed by atoms with E-state index in [2.05, 4.69) is 109 Å². The molecule has 3 nitrogen and oxygen atoms in total. The van der Waals surface area contributed by atoms with Crippen molar-refractivity contribution in [2.45, 2.75) is 0 Å². The van der Waals surface area contributed by atoms with E-state index in [4.69, 9.17) is 14.4 Å².